The van der Waals surface area contributed by atoms with Crippen molar-refractivity contribution in [2.75, 3.05) is 19.6 Å². The number of nitrogens with zero attached hydrogens (tertiary/aromatic N) is 4. The van der Waals surface area contributed by atoms with Crippen molar-refractivity contribution < 1.29 is 13.2 Å². The zero-order valence-electron chi connectivity index (χ0n) is 18.6. The Bertz CT molecular complexity index is 1260. The molecular weight excluding hydrogens is 438 g/mol. The van der Waals surface area contributed by atoms with Gasteiger partial charge in [-0.15, -0.1) is 10.2 Å². The van der Waals surface area contributed by atoms with E-state index in [1.165, 1.54) is 5.56 Å². The third-order valence-electron chi connectivity index (χ3n) is 6.81. The van der Waals surface area contributed by atoms with E-state index in [4.69, 9.17) is 0 Å². The van der Waals surface area contributed by atoms with E-state index < -0.39 is 10.0 Å². The number of nitrogens with one attached hydrogen (secondary N) is 1. The number of aryl methyl sites for hydroxylation is 2. The number of fused-ring (bicyclic) bond motifs is 2. The number of sulfonamides is 1. The molecule has 2 aliphatic rings. The fraction of sp³-hybridized carbons (Fsp3) is 0.458. The van der Waals surface area contributed by atoms with Gasteiger partial charge in [-0.05, 0) is 73.9 Å². The molecule has 174 valence electrons. The highest BCUT2D eigenvalue weighted by Crippen LogP contribution is 2.27. The molecule has 0 radical (unpaired) electrons. The van der Waals surface area contributed by atoms with Crippen molar-refractivity contribution in [2.24, 2.45) is 0 Å². The molecule has 1 amide bonds. The Balaban J connectivity index is 1.13. The second kappa shape index (κ2) is 9.23. The smallest absolute Gasteiger partial charge is 0.240 e. The lowest BCUT2D eigenvalue weighted by atomic mass is 9.92. The number of hydrogen-bond acceptors (Lipinski definition) is 5. The van der Waals surface area contributed by atoms with Crippen LogP contribution in [-0.4, -0.2) is 53.5 Å². The minimum absolute atomic E-state index is 0.0207. The summed E-state index contributed by atoms with van der Waals surface area (Å²) in [6.07, 6.45) is 7.97. The molecule has 0 bridgehead atoms. The number of pyridine rings is 1. The Labute approximate surface area is 194 Å². The van der Waals surface area contributed by atoms with E-state index in [0.29, 0.717) is 13.1 Å². The van der Waals surface area contributed by atoms with Crippen LogP contribution >= 0.6 is 0 Å². The molecular formula is C24H29N5O3S. The first-order chi connectivity index (χ1) is 16.0. The second-order valence-corrected chi connectivity index (χ2v) is 10.7. The number of rotatable bonds is 6. The monoisotopic (exact) mass is 467 g/mol. The fourth-order valence-electron chi connectivity index (χ4n) is 4.94. The summed E-state index contributed by atoms with van der Waals surface area (Å²) < 4.78 is 30.0. The number of carbonyl (C=O) groups is 1. The van der Waals surface area contributed by atoms with Gasteiger partial charge in [0.15, 0.2) is 5.65 Å². The van der Waals surface area contributed by atoms with E-state index in [1.54, 1.807) is 12.1 Å². The predicted molar refractivity (Wildman–Crippen MR) is 124 cm³/mol. The highest BCUT2D eigenvalue weighted by atomic mass is 32.2. The lowest BCUT2D eigenvalue weighted by molar-refractivity contribution is -0.132. The first kappa shape index (κ1) is 22.0. The number of amides is 1. The number of hydrogen-bond donors (Lipinski definition) is 1. The van der Waals surface area contributed by atoms with Crippen LogP contribution in [0.3, 0.4) is 0 Å². The predicted octanol–water partition coefficient (Wildman–Crippen LogP) is 2.68. The van der Waals surface area contributed by atoms with Crippen LogP contribution in [0.2, 0.25) is 0 Å². The molecule has 0 spiro atoms. The van der Waals surface area contributed by atoms with Crippen LogP contribution in [0, 0.1) is 0 Å². The van der Waals surface area contributed by atoms with Crippen molar-refractivity contribution >= 4 is 21.6 Å². The lowest BCUT2D eigenvalue weighted by Crippen LogP contribution is -2.39. The Morgan fingerprint density at radius 1 is 1.03 bits per heavy atom. The maximum Gasteiger partial charge on any atom is 0.240 e. The zero-order chi connectivity index (χ0) is 22.8. The van der Waals surface area contributed by atoms with E-state index in [0.717, 1.165) is 55.6 Å². The summed E-state index contributed by atoms with van der Waals surface area (Å²) in [5.41, 5.74) is 3.21. The Morgan fingerprint density at radius 2 is 1.82 bits per heavy atom. The zero-order valence-corrected chi connectivity index (χ0v) is 19.4. The summed E-state index contributed by atoms with van der Waals surface area (Å²) in [5.74, 6) is 1.18. The van der Waals surface area contributed by atoms with Crippen LogP contribution in [0.15, 0.2) is 47.5 Å². The molecule has 0 unspecified atom stereocenters. The molecule has 1 aliphatic heterocycles. The molecule has 8 nitrogen and oxygen atoms in total. The number of benzene rings is 1. The van der Waals surface area contributed by atoms with Gasteiger partial charge in [0.2, 0.25) is 15.9 Å². The molecule has 3 aromatic rings. The summed E-state index contributed by atoms with van der Waals surface area (Å²) >= 11 is 0. The molecule has 1 aromatic carbocycles. The topological polar surface area (TPSA) is 96.7 Å². The van der Waals surface area contributed by atoms with Crippen molar-refractivity contribution in [3.63, 3.8) is 0 Å². The molecule has 9 heteroatoms. The number of piperidine rings is 1. The molecule has 1 N–H and O–H groups in total. The summed E-state index contributed by atoms with van der Waals surface area (Å²) in [7, 11) is -3.62. The normalized spacial score (nSPS) is 17.3. The third-order valence-corrected chi connectivity index (χ3v) is 8.27. The van der Waals surface area contributed by atoms with Crippen LogP contribution in [0.4, 0.5) is 0 Å². The second-order valence-electron chi connectivity index (χ2n) is 8.93. The molecule has 2 aromatic heterocycles. The molecule has 1 saturated heterocycles. The largest absolute Gasteiger partial charge is 0.343 e. The molecule has 1 fully saturated rings. The number of carbonyl (C=O) groups excluding carboxylic acids is 1. The first-order valence-electron chi connectivity index (χ1n) is 11.7. The summed E-state index contributed by atoms with van der Waals surface area (Å²) in [6, 6.07) is 11.2. The highest BCUT2D eigenvalue weighted by molar-refractivity contribution is 7.89. The molecule has 3 heterocycles. The summed E-state index contributed by atoms with van der Waals surface area (Å²) in [5, 5.41) is 8.58. The van der Waals surface area contributed by atoms with Gasteiger partial charge in [0, 0.05) is 38.2 Å². The van der Waals surface area contributed by atoms with Gasteiger partial charge in [0.25, 0.3) is 0 Å². The molecule has 0 saturated carbocycles. The summed E-state index contributed by atoms with van der Waals surface area (Å²) in [4.78, 5) is 14.8. The van der Waals surface area contributed by atoms with Crippen LogP contribution in [0.1, 0.15) is 55.0 Å². The van der Waals surface area contributed by atoms with Gasteiger partial charge in [0.1, 0.15) is 5.82 Å². The standard InChI is InChI=1S/C24H29N5O3S/c30-23(10-13-25-33(31,32)21-9-8-18-5-1-2-6-20(18)17-21)28-15-11-19(12-16-28)24-27-26-22-7-3-4-14-29(22)24/h3-4,7-9,14,17,19,25H,1-2,5-6,10-13,15-16H2. The van der Waals surface area contributed by atoms with Crippen molar-refractivity contribution in [1.29, 1.82) is 0 Å². The van der Waals surface area contributed by atoms with Crippen LogP contribution in [0.5, 0.6) is 0 Å². The lowest BCUT2D eigenvalue weighted by Gasteiger charge is -2.31. The van der Waals surface area contributed by atoms with Gasteiger partial charge in [0.05, 0.1) is 4.90 Å². The van der Waals surface area contributed by atoms with Gasteiger partial charge in [-0.2, -0.15) is 0 Å². The average Bonchev–Trinajstić information content (AvgIpc) is 3.28. The van der Waals surface area contributed by atoms with Gasteiger partial charge in [-0.3, -0.25) is 9.20 Å². The Morgan fingerprint density at radius 3 is 2.64 bits per heavy atom. The average molecular weight is 468 g/mol. The highest BCUT2D eigenvalue weighted by Gasteiger charge is 2.27. The van der Waals surface area contributed by atoms with Gasteiger partial charge >= 0.3 is 0 Å². The van der Waals surface area contributed by atoms with Gasteiger partial charge in [-0.1, -0.05) is 12.1 Å². The SMILES string of the molecule is O=C(CCNS(=O)(=O)c1ccc2c(c1)CCCC2)N1CCC(c2nnc3ccccn23)CC1. The van der Waals surface area contributed by atoms with Crippen LogP contribution < -0.4 is 4.72 Å². The van der Waals surface area contributed by atoms with E-state index in [9.17, 15) is 13.2 Å². The van der Waals surface area contributed by atoms with Crippen molar-refractivity contribution in [3.8, 4) is 0 Å². The maximum absolute atomic E-state index is 12.7. The van der Waals surface area contributed by atoms with E-state index in [1.807, 2.05) is 39.8 Å². The van der Waals surface area contributed by atoms with Gasteiger partial charge < -0.3 is 4.90 Å². The Kier molecular flexibility index (Phi) is 6.16. The van der Waals surface area contributed by atoms with Gasteiger partial charge in [-0.25, -0.2) is 13.1 Å². The quantitative estimate of drug-likeness (QED) is 0.601. The molecule has 33 heavy (non-hydrogen) atoms. The fourth-order valence-corrected chi connectivity index (χ4v) is 6.02. The molecule has 0 atom stereocenters. The third kappa shape index (κ3) is 4.65. The van der Waals surface area contributed by atoms with Crippen LogP contribution in [0.25, 0.3) is 5.65 Å². The Hall–Kier alpha value is -2.78. The minimum atomic E-state index is -3.62. The van der Waals surface area contributed by atoms with E-state index in [2.05, 4.69) is 14.9 Å². The van der Waals surface area contributed by atoms with E-state index in [-0.39, 0.29) is 29.7 Å². The number of likely N-dealkylation sites (tertiary alicyclic amines) is 1. The minimum Gasteiger partial charge on any atom is -0.343 e. The van der Waals surface area contributed by atoms with E-state index >= 15 is 0 Å². The molecule has 1 aliphatic carbocycles. The van der Waals surface area contributed by atoms with Crippen molar-refractivity contribution in [2.45, 2.75) is 55.8 Å². The maximum atomic E-state index is 12.7. The summed E-state index contributed by atoms with van der Waals surface area (Å²) in [6.45, 7) is 1.39. The first-order valence-corrected chi connectivity index (χ1v) is 13.2. The van der Waals surface area contributed by atoms with Crippen LogP contribution in [-0.2, 0) is 27.7 Å². The van der Waals surface area contributed by atoms with Crippen molar-refractivity contribution in [3.05, 3.63) is 59.5 Å². The number of aromatic nitrogens is 3. The molecule has 5 rings (SSSR count). The van der Waals surface area contributed by atoms with Crippen molar-refractivity contribution in [1.82, 2.24) is 24.2 Å².